The molecule has 0 aliphatic carbocycles. The predicted molar refractivity (Wildman–Crippen MR) is 78.2 cm³/mol. The fourth-order valence-corrected chi connectivity index (χ4v) is 1.87. The van der Waals surface area contributed by atoms with Gasteiger partial charge in [-0.1, -0.05) is 30.3 Å². The molecule has 0 saturated heterocycles. The standard InChI is InChI=1S/C15H11BrFNO/c16-13-10-12(7-8-14(13)17)18-15(19)9-6-11-4-2-1-3-5-11/h1-10H,(H,18,19)/b9-6+. The van der Waals surface area contributed by atoms with Gasteiger partial charge in [0, 0.05) is 11.8 Å². The van der Waals surface area contributed by atoms with Crippen LogP contribution in [0.1, 0.15) is 5.56 Å². The van der Waals surface area contributed by atoms with E-state index in [0.29, 0.717) is 10.2 Å². The Morgan fingerprint density at radius 3 is 2.58 bits per heavy atom. The quantitative estimate of drug-likeness (QED) is 0.842. The Balaban J connectivity index is 2.01. The van der Waals surface area contributed by atoms with Crippen LogP contribution in [0.5, 0.6) is 0 Å². The highest BCUT2D eigenvalue weighted by Crippen LogP contribution is 2.19. The minimum Gasteiger partial charge on any atom is -0.322 e. The fourth-order valence-electron chi connectivity index (χ4n) is 1.49. The van der Waals surface area contributed by atoms with E-state index in [4.69, 9.17) is 0 Å². The van der Waals surface area contributed by atoms with Crippen LogP contribution >= 0.6 is 15.9 Å². The van der Waals surface area contributed by atoms with E-state index in [2.05, 4.69) is 21.2 Å². The molecule has 0 heterocycles. The molecule has 0 fully saturated rings. The van der Waals surface area contributed by atoms with Gasteiger partial charge in [0.1, 0.15) is 5.82 Å². The molecule has 2 nitrogen and oxygen atoms in total. The predicted octanol–water partition coefficient (Wildman–Crippen LogP) is 4.24. The molecule has 4 heteroatoms. The third kappa shape index (κ3) is 4.03. The van der Waals surface area contributed by atoms with Crippen molar-refractivity contribution in [2.75, 3.05) is 5.32 Å². The number of rotatable bonds is 3. The van der Waals surface area contributed by atoms with Crippen molar-refractivity contribution >= 4 is 33.6 Å². The first kappa shape index (κ1) is 13.5. The number of halogens is 2. The van der Waals surface area contributed by atoms with Crippen molar-refractivity contribution in [3.63, 3.8) is 0 Å². The Kier molecular flexibility index (Phi) is 4.47. The van der Waals surface area contributed by atoms with E-state index >= 15 is 0 Å². The van der Waals surface area contributed by atoms with Crippen LogP contribution in [0.4, 0.5) is 10.1 Å². The number of hydrogen-bond acceptors (Lipinski definition) is 1. The third-order valence-corrected chi connectivity index (χ3v) is 3.02. The molecule has 0 aromatic heterocycles. The lowest BCUT2D eigenvalue weighted by atomic mass is 10.2. The summed E-state index contributed by atoms with van der Waals surface area (Å²) < 4.78 is 13.3. The number of benzene rings is 2. The molecule has 0 atom stereocenters. The van der Waals surface area contributed by atoms with Gasteiger partial charge < -0.3 is 5.32 Å². The van der Waals surface area contributed by atoms with Crippen molar-refractivity contribution in [2.24, 2.45) is 0 Å². The van der Waals surface area contributed by atoms with Gasteiger partial charge in [0.15, 0.2) is 0 Å². The van der Waals surface area contributed by atoms with E-state index in [-0.39, 0.29) is 11.7 Å². The van der Waals surface area contributed by atoms with Crippen LogP contribution < -0.4 is 5.32 Å². The summed E-state index contributed by atoms with van der Waals surface area (Å²) >= 11 is 3.07. The molecule has 2 rings (SSSR count). The third-order valence-electron chi connectivity index (χ3n) is 2.41. The van der Waals surface area contributed by atoms with Crippen molar-refractivity contribution in [1.82, 2.24) is 0 Å². The van der Waals surface area contributed by atoms with Gasteiger partial charge in [0.2, 0.25) is 5.91 Å². The van der Waals surface area contributed by atoms with Crippen molar-refractivity contribution in [1.29, 1.82) is 0 Å². The zero-order valence-electron chi connectivity index (χ0n) is 9.94. The molecule has 96 valence electrons. The highest BCUT2D eigenvalue weighted by atomic mass is 79.9. The molecule has 0 aliphatic rings. The Labute approximate surface area is 119 Å². The summed E-state index contributed by atoms with van der Waals surface area (Å²) in [5, 5.41) is 2.66. The van der Waals surface area contributed by atoms with Gasteiger partial charge in [0.05, 0.1) is 4.47 Å². The van der Waals surface area contributed by atoms with Crippen molar-refractivity contribution in [3.8, 4) is 0 Å². The van der Waals surface area contributed by atoms with E-state index in [1.165, 1.54) is 24.3 Å². The smallest absolute Gasteiger partial charge is 0.248 e. The monoisotopic (exact) mass is 319 g/mol. The maximum atomic E-state index is 13.0. The fraction of sp³-hybridized carbons (Fsp3) is 0. The molecule has 0 bridgehead atoms. The molecule has 1 amide bonds. The van der Waals surface area contributed by atoms with Crippen molar-refractivity contribution in [3.05, 3.63) is 70.5 Å². The van der Waals surface area contributed by atoms with Gasteiger partial charge in [-0.3, -0.25) is 4.79 Å². The molecule has 2 aromatic carbocycles. The lowest BCUT2D eigenvalue weighted by Crippen LogP contribution is -2.07. The Morgan fingerprint density at radius 1 is 1.16 bits per heavy atom. The molecule has 19 heavy (non-hydrogen) atoms. The highest BCUT2D eigenvalue weighted by molar-refractivity contribution is 9.10. The average molecular weight is 320 g/mol. The normalized spacial score (nSPS) is 10.6. The van der Waals surface area contributed by atoms with Gasteiger partial charge in [0.25, 0.3) is 0 Å². The second-order valence-electron chi connectivity index (χ2n) is 3.86. The van der Waals surface area contributed by atoms with Crippen LogP contribution in [0.25, 0.3) is 6.08 Å². The number of amides is 1. The number of hydrogen-bond donors (Lipinski definition) is 1. The van der Waals surface area contributed by atoms with Crippen LogP contribution in [0, 0.1) is 5.82 Å². The SMILES string of the molecule is O=C(/C=C/c1ccccc1)Nc1ccc(F)c(Br)c1. The van der Waals surface area contributed by atoms with Crippen molar-refractivity contribution in [2.45, 2.75) is 0 Å². The summed E-state index contributed by atoms with van der Waals surface area (Å²) in [6, 6.07) is 13.8. The summed E-state index contributed by atoms with van der Waals surface area (Å²) in [5.74, 6) is -0.625. The second kappa shape index (κ2) is 6.29. The minimum absolute atomic E-state index is 0.262. The molecular formula is C15H11BrFNO. The summed E-state index contributed by atoms with van der Waals surface area (Å²) in [6.07, 6.45) is 3.15. The summed E-state index contributed by atoms with van der Waals surface area (Å²) in [6.45, 7) is 0. The van der Waals surface area contributed by atoms with Gasteiger partial charge >= 0.3 is 0 Å². The molecule has 1 N–H and O–H groups in total. The molecular weight excluding hydrogens is 309 g/mol. The van der Waals surface area contributed by atoms with Crippen LogP contribution in [0.15, 0.2) is 59.1 Å². The van der Waals surface area contributed by atoms with Crippen LogP contribution in [-0.2, 0) is 4.79 Å². The first-order valence-electron chi connectivity index (χ1n) is 5.64. The zero-order chi connectivity index (χ0) is 13.7. The number of nitrogens with one attached hydrogen (secondary N) is 1. The van der Waals surface area contributed by atoms with Gasteiger partial charge in [-0.2, -0.15) is 0 Å². The number of carbonyl (C=O) groups excluding carboxylic acids is 1. The maximum Gasteiger partial charge on any atom is 0.248 e. The highest BCUT2D eigenvalue weighted by Gasteiger charge is 2.02. The number of carbonyl (C=O) groups is 1. The van der Waals surface area contributed by atoms with Gasteiger partial charge in [-0.15, -0.1) is 0 Å². The lowest BCUT2D eigenvalue weighted by Gasteiger charge is -2.03. The van der Waals surface area contributed by atoms with E-state index in [1.807, 2.05) is 30.3 Å². The minimum atomic E-state index is -0.363. The van der Waals surface area contributed by atoms with E-state index in [9.17, 15) is 9.18 Å². The second-order valence-corrected chi connectivity index (χ2v) is 4.72. The van der Waals surface area contributed by atoms with E-state index < -0.39 is 0 Å². The van der Waals surface area contributed by atoms with E-state index in [1.54, 1.807) is 6.08 Å². The van der Waals surface area contributed by atoms with Crippen LogP contribution in [0.2, 0.25) is 0 Å². The summed E-state index contributed by atoms with van der Waals surface area (Å²) in [5.41, 5.74) is 1.48. The Bertz CT molecular complexity index is 611. The lowest BCUT2D eigenvalue weighted by molar-refractivity contribution is -0.111. The summed E-state index contributed by atoms with van der Waals surface area (Å²) in [4.78, 5) is 11.7. The Hall–Kier alpha value is -1.94. The topological polar surface area (TPSA) is 29.1 Å². The van der Waals surface area contributed by atoms with Crippen LogP contribution in [0.3, 0.4) is 0 Å². The number of anilines is 1. The van der Waals surface area contributed by atoms with Gasteiger partial charge in [-0.05, 0) is 45.8 Å². The molecule has 0 radical (unpaired) electrons. The first-order chi connectivity index (χ1) is 9.15. The Morgan fingerprint density at radius 2 is 1.89 bits per heavy atom. The largest absolute Gasteiger partial charge is 0.322 e. The average Bonchev–Trinajstić information content (AvgIpc) is 2.42. The molecule has 0 aliphatic heterocycles. The maximum absolute atomic E-state index is 13.0. The molecule has 0 saturated carbocycles. The summed E-state index contributed by atoms with van der Waals surface area (Å²) in [7, 11) is 0. The molecule has 0 spiro atoms. The zero-order valence-corrected chi connectivity index (χ0v) is 11.5. The molecule has 2 aromatic rings. The first-order valence-corrected chi connectivity index (χ1v) is 6.43. The van der Waals surface area contributed by atoms with E-state index in [0.717, 1.165) is 5.56 Å². The van der Waals surface area contributed by atoms with Crippen LogP contribution in [-0.4, -0.2) is 5.91 Å². The van der Waals surface area contributed by atoms with Crippen molar-refractivity contribution < 1.29 is 9.18 Å². The molecule has 0 unspecified atom stereocenters. The van der Waals surface area contributed by atoms with Gasteiger partial charge in [-0.25, -0.2) is 4.39 Å².